The molecule has 1 aromatic rings. The van der Waals surface area contributed by atoms with E-state index in [1.165, 1.54) is 6.07 Å². The highest BCUT2D eigenvalue weighted by Gasteiger charge is 2.46. The third kappa shape index (κ3) is 2.67. The summed E-state index contributed by atoms with van der Waals surface area (Å²) in [5.41, 5.74) is 1.21. The Hall–Kier alpha value is -0.120. The average Bonchev–Trinajstić information content (AvgIpc) is 2.28. The maximum Gasteiger partial charge on any atom is 0.137 e. The zero-order chi connectivity index (χ0) is 12.6. The monoisotopic (exact) mass is 319 g/mol. The molecule has 0 heterocycles. The Morgan fingerprint density at radius 3 is 2.76 bits per heavy atom. The average molecular weight is 321 g/mol. The van der Waals surface area contributed by atoms with Gasteiger partial charge in [0.25, 0.3) is 0 Å². The summed E-state index contributed by atoms with van der Waals surface area (Å²) in [7, 11) is 0. The van der Waals surface area contributed by atoms with Gasteiger partial charge in [-0.1, -0.05) is 19.9 Å². The van der Waals surface area contributed by atoms with Crippen molar-refractivity contribution in [3.8, 4) is 0 Å². The van der Waals surface area contributed by atoms with Crippen LogP contribution in [0.3, 0.4) is 0 Å². The molecular formula is C13H16BrClFN. The van der Waals surface area contributed by atoms with Crippen molar-refractivity contribution in [1.82, 2.24) is 5.32 Å². The topological polar surface area (TPSA) is 12.0 Å². The van der Waals surface area contributed by atoms with Gasteiger partial charge in [0.05, 0.1) is 4.47 Å². The molecule has 0 saturated heterocycles. The van der Waals surface area contributed by atoms with E-state index in [9.17, 15) is 4.39 Å². The third-order valence-corrected chi connectivity index (χ3v) is 5.03. The molecule has 1 saturated carbocycles. The van der Waals surface area contributed by atoms with Crippen molar-refractivity contribution in [1.29, 1.82) is 0 Å². The molecule has 94 valence electrons. The lowest BCUT2D eigenvalue weighted by atomic mass is 9.67. The van der Waals surface area contributed by atoms with Crippen molar-refractivity contribution in [2.75, 3.05) is 0 Å². The lowest BCUT2D eigenvalue weighted by Crippen LogP contribution is -2.57. The first-order valence-corrected chi connectivity index (χ1v) is 6.95. The number of nitrogens with one attached hydrogen (secondary N) is 1. The zero-order valence-electron chi connectivity index (χ0n) is 9.93. The van der Waals surface area contributed by atoms with Gasteiger partial charge in [-0.15, -0.1) is 11.6 Å². The minimum atomic E-state index is -0.224. The maximum atomic E-state index is 13.1. The summed E-state index contributed by atoms with van der Waals surface area (Å²) in [5.74, 6) is -0.224. The van der Waals surface area contributed by atoms with E-state index in [-0.39, 0.29) is 16.6 Å². The summed E-state index contributed by atoms with van der Waals surface area (Å²) in [6.45, 7) is 5.09. The molecule has 1 aliphatic rings. The Balaban J connectivity index is 1.93. The Bertz CT molecular complexity index is 422. The summed E-state index contributed by atoms with van der Waals surface area (Å²) >= 11 is 9.36. The second-order valence-electron chi connectivity index (χ2n) is 5.21. The van der Waals surface area contributed by atoms with Crippen molar-refractivity contribution >= 4 is 27.5 Å². The Labute approximate surface area is 115 Å². The van der Waals surface area contributed by atoms with Crippen LogP contribution < -0.4 is 5.32 Å². The van der Waals surface area contributed by atoms with E-state index in [1.807, 2.05) is 6.07 Å². The molecule has 2 unspecified atom stereocenters. The number of alkyl halides is 1. The van der Waals surface area contributed by atoms with Gasteiger partial charge in [0, 0.05) is 18.0 Å². The molecule has 0 aromatic heterocycles. The number of rotatable bonds is 3. The zero-order valence-corrected chi connectivity index (χ0v) is 12.3. The highest BCUT2D eigenvalue weighted by molar-refractivity contribution is 9.10. The second-order valence-corrected chi connectivity index (χ2v) is 6.59. The van der Waals surface area contributed by atoms with Crippen LogP contribution in [0.5, 0.6) is 0 Å². The minimum Gasteiger partial charge on any atom is -0.309 e. The highest BCUT2D eigenvalue weighted by atomic mass is 79.9. The van der Waals surface area contributed by atoms with Crippen LogP contribution in [0.1, 0.15) is 25.8 Å². The molecule has 1 N–H and O–H groups in total. The molecule has 0 spiro atoms. The van der Waals surface area contributed by atoms with E-state index in [2.05, 4.69) is 35.1 Å². The molecular weight excluding hydrogens is 305 g/mol. The molecule has 4 heteroatoms. The van der Waals surface area contributed by atoms with Crippen molar-refractivity contribution in [3.63, 3.8) is 0 Å². The van der Waals surface area contributed by atoms with Gasteiger partial charge in [0.2, 0.25) is 0 Å². The van der Waals surface area contributed by atoms with Crippen LogP contribution in [-0.2, 0) is 6.54 Å². The lowest BCUT2D eigenvalue weighted by molar-refractivity contribution is 0.115. The second kappa shape index (κ2) is 4.87. The molecule has 1 nitrogen and oxygen atoms in total. The maximum absolute atomic E-state index is 13.1. The van der Waals surface area contributed by atoms with Crippen LogP contribution in [0.15, 0.2) is 22.7 Å². The first-order chi connectivity index (χ1) is 7.91. The molecule has 0 aliphatic heterocycles. The highest BCUT2D eigenvalue weighted by Crippen LogP contribution is 2.44. The van der Waals surface area contributed by atoms with E-state index >= 15 is 0 Å². The van der Waals surface area contributed by atoms with E-state index in [1.54, 1.807) is 6.07 Å². The van der Waals surface area contributed by atoms with Crippen molar-refractivity contribution < 1.29 is 4.39 Å². The summed E-state index contributed by atoms with van der Waals surface area (Å²) in [6, 6.07) is 5.54. The normalized spacial score (nSPS) is 26.6. The molecule has 0 radical (unpaired) electrons. The Kier molecular flexibility index (Phi) is 3.81. The van der Waals surface area contributed by atoms with Crippen LogP contribution in [-0.4, -0.2) is 11.4 Å². The quantitative estimate of drug-likeness (QED) is 0.827. The molecule has 0 bridgehead atoms. The van der Waals surface area contributed by atoms with Crippen LogP contribution in [0.4, 0.5) is 4.39 Å². The summed E-state index contributed by atoms with van der Waals surface area (Å²) in [4.78, 5) is 0. The molecule has 0 amide bonds. The van der Waals surface area contributed by atoms with E-state index in [0.717, 1.165) is 18.5 Å². The van der Waals surface area contributed by atoms with Gasteiger partial charge in [0.1, 0.15) is 5.82 Å². The van der Waals surface area contributed by atoms with Crippen molar-refractivity contribution in [2.24, 2.45) is 5.41 Å². The first kappa shape index (κ1) is 13.3. The molecule has 1 aliphatic carbocycles. The van der Waals surface area contributed by atoms with E-state index in [4.69, 9.17) is 11.6 Å². The molecule has 1 fully saturated rings. The first-order valence-electron chi connectivity index (χ1n) is 5.72. The lowest BCUT2D eigenvalue weighted by Gasteiger charge is -2.49. The largest absolute Gasteiger partial charge is 0.309 e. The predicted octanol–water partition coefficient (Wildman–Crippen LogP) is 4.08. The number of halogens is 3. The SMILES string of the molecule is CC1(C)C(Cl)CC1NCc1ccc(F)c(Br)c1. The van der Waals surface area contributed by atoms with Gasteiger partial charge >= 0.3 is 0 Å². The standard InChI is InChI=1S/C13H16BrClFN/c1-13(2)11(15)6-12(13)17-7-8-3-4-10(16)9(14)5-8/h3-5,11-12,17H,6-7H2,1-2H3. The molecule has 2 rings (SSSR count). The van der Waals surface area contributed by atoms with Gasteiger partial charge in [-0.2, -0.15) is 0 Å². The number of hydrogen-bond donors (Lipinski definition) is 1. The number of hydrogen-bond acceptors (Lipinski definition) is 1. The third-order valence-electron chi connectivity index (χ3n) is 3.68. The Morgan fingerprint density at radius 1 is 1.53 bits per heavy atom. The fourth-order valence-electron chi connectivity index (χ4n) is 2.11. The smallest absolute Gasteiger partial charge is 0.137 e. The fourth-order valence-corrected chi connectivity index (χ4v) is 2.87. The van der Waals surface area contributed by atoms with Crippen LogP contribution in [0, 0.1) is 11.2 Å². The number of benzene rings is 1. The van der Waals surface area contributed by atoms with Crippen LogP contribution in [0.2, 0.25) is 0 Å². The summed E-state index contributed by atoms with van der Waals surface area (Å²) < 4.78 is 13.6. The Morgan fingerprint density at radius 2 is 2.24 bits per heavy atom. The fraction of sp³-hybridized carbons (Fsp3) is 0.538. The predicted molar refractivity (Wildman–Crippen MR) is 72.8 cm³/mol. The van der Waals surface area contributed by atoms with Crippen molar-refractivity contribution in [3.05, 3.63) is 34.1 Å². The van der Waals surface area contributed by atoms with Crippen LogP contribution in [0.25, 0.3) is 0 Å². The summed E-state index contributed by atoms with van der Waals surface area (Å²) in [6.07, 6.45) is 0.997. The van der Waals surface area contributed by atoms with E-state index < -0.39 is 0 Å². The van der Waals surface area contributed by atoms with Crippen molar-refractivity contribution in [2.45, 2.75) is 38.2 Å². The van der Waals surface area contributed by atoms with Gasteiger partial charge in [-0.05, 0) is 45.5 Å². The van der Waals surface area contributed by atoms with Gasteiger partial charge < -0.3 is 5.32 Å². The molecule has 2 atom stereocenters. The van der Waals surface area contributed by atoms with E-state index in [0.29, 0.717) is 10.5 Å². The minimum absolute atomic E-state index is 0.138. The van der Waals surface area contributed by atoms with Gasteiger partial charge in [-0.25, -0.2) is 4.39 Å². The van der Waals surface area contributed by atoms with Gasteiger partial charge in [-0.3, -0.25) is 0 Å². The molecule has 17 heavy (non-hydrogen) atoms. The summed E-state index contributed by atoms with van der Waals surface area (Å²) in [5, 5.41) is 3.72. The van der Waals surface area contributed by atoms with Crippen LogP contribution >= 0.6 is 27.5 Å². The van der Waals surface area contributed by atoms with Gasteiger partial charge in [0.15, 0.2) is 0 Å². The molecule has 1 aromatic carbocycles.